The summed E-state index contributed by atoms with van der Waals surface area (Å²) in [5, 5.41) is 3.90. The van der Waals surface area contributed by atoms with E-state index in [9.17, 15) is 19.2 Å². The van der Waals surface area contributed by atoms with Crippen LogP contribution in [0.2, 0.25) is 0 Å². The molecule has 0 unspecified atom stereocenters. The van der Waals surface area contributed by atoms with Gasteiger partial charge >= 0.3 is 62.8 Å². The van der Waals surface area contributed by atoms with Gasteiger partial charge in [-0.15, -0.1) is 11.3 Å². The first kappa shape index (κ1) is 33.1. The molecule has 1 aliphatic rings. The number of halogens is 2. The molecule has 1 fully saturated rings. The van der Waals surface area contributed by atoms with Gasteiger partial charge in [0.05, 0.1) is 25.6 Å². The Bertz CT molecular complexity index is 2310. The molecule has 0 atom stereocenters. The molecule has 6 aromatic rings. The fourth-order valence-electron chi connectivity index (χ4n) is 5.43. The maximum atomic E-state index is 15.8. The number of rotatable bonds is 9. The predicted molar refractivity (Wildman–Crippen MR) is 174 cm³/mol. The zero-order chi connectivity index (χ0) is 32.1. The molecule has 47 heavy (non-hydrogen) atoms. The summed E-state index contributed by atoms with van der Waals surface area (Å²) in [4.78, 5) is 55.7. The molecule has 3 aromatic heterocycles. The van der Waals surface area contributed by atoms with E-state index in [1.807, 2.05) is 0 Å². The Labute approximate surface area is 311 Å². The van der Waals surface area contributed by atoms with Crippen molar-refractivity contribution in [2.75, 3.05) is 7.11 Å². The SMILES string of the molecule is COc1ccc(C(=O)Cn2c(=O)c3cc(C4CC4)sc3n(Cc3c(F)cc(-c4ccccc4-c4noc(=O)[nH]4)cc3F)c2=O)cc1.[KH]. The number of Topliss-reactive ketones (excluding diaryl/α,β-unsaturated/α-hetero) is 1. The third kappa shape index (κ3) is 6.41. The summed E-state index contributed by atoms with van der Waals surface area (Å²) in [7, 11) is 1.49. The van der Waals surface area contributed by atoms with Gasteiger partial charge in [-0.05, 0) is 72.4 Å². The van der Waals surface area contributed by atoms with Crippen molar-refractivity contribution in [2.45, 2.75) is 31.8 Å². The second kappa shape index (κ2) is 13.4. The molecule has 0 radical (unpaired) electrons. The number of carbonyl (C=O) groups is 1. The Hall–Kier alpha value is -3.79. The topological polar surface area (TPSA) is 129 Å². The second-order valence-electron chi connectivity index (χ2n) is 11.0. The average Bonchev–Trinajstić information content (AvgIpc) is 3.67. The second-order valence-corrected chi connectivity index (χ2v) is 12.0. The molecule has 0 saturated heterocycles. The van der Waals surface area contributed by atoms with E-state index in [1.165, 1.54) is 30.6 Å². The van der Waals surface area contributed by atoms with Crippen LogP contribution in [0.15, 0.2) is 85.6 Å². The summed E-state index contributed by atoms with van der Waals surface area (Å²) in [5.41, 5.74) is -0.686. The van der Waals surface area contributed by atoms with Gasteiger partial charge in [-0.2, -0.15) is 0 Å². The molecule has 3 aromatic carbocycles. The van der Waals surface area contributed by atoms with Crippen molar-refractivity contribution in [1.82, 2.24) is 19.3 Å². The number of aromatic nitrogens is 4. The van der Waals surface area contributed by atoms with Crippen LogP contribution in [-0.2, 0) is 13.1 Å². The van der Waals surface area contributed by atoms with Crippen molar-refractivity contribution < 1.29 is 22.8 Å². The molecule has 234 valence electrons. The van der Waals surface area contributed by atoms with Crippen molar-refractivity contribution in [3.8, 4) is 28.3 Å². The number of ketones is 1. The van der Waals surface area contributed by atoms with E-state index in [1.54, 1.807) is 42.5 Å². The average molecular weight is 683 g/mol. The van der Waals surface area contributed by atoms with Crippen LogP contribution in [-0.4, -0.2) is 83.6 Å². The van der Waals surface area contributed by atoms with E-state index in [0.717, 1.165) is 39.0 Å². The van der Waals surface area contributed by atoms with E-state index < -0.39 is 53.1 Å². The molecule has 10 nitrogen and oxygen atoms in total. The number of nitrogens with one attached hydrogen (secondary N) is 1. The predicted octanol–water partition coefficient (Wildman–Crippen LogP) is 4.68. The van der Waals surface area contributed by atoms with Crippen LogP contribution in [0.4, 0.5) is 8.78 Å². The molecular weight excluding hydrogens is 658 g/mol. The number of nitrogens with zero attached hydrogens (tertiary/aromatic N) is 3. The summed E-state index contributed by atoms with van der Waals surface area (Å²) >= 11 is 1.24. The van der Waals surface area contributed by atoms with Gasteiger partial charge in [-0.25, -0.2) is 18.4 Å². The minimum atomic E-state index is -0.926. The van der Waals surface area contributed by atoms with E-state index >= 15 is 8.78 Å². The molecule has 3 heterocycles. The van der Waals surface area contributed by atoms with Crippen LogP contribution in [0.25, 0.3) is 32.7 Å². The van der Waals surface area contributed by atoms with E-state index in [-0.39, 0.29) is 84.5 Å². The van der Waals surface area contributed by atoms with Gasteiger partial charge in [0, 0.05) is 21.6 Å². The number of H-pyrrole nitrogens is 1. The van der Waals surface area contributed by atoms with Crippen molar-refractivity contribution >= 4 is 78.7 Å². The van der Waals surface area contributed by atoms with Crippen molar-refractivity contribution in [3.05, 3.63) is 126 Å². The Morgan fingerprint density at radius 3 is 2.30 bits per heavy atom. The number of carbonyl (C=O) groups excluding carboxylic acids is 1. The zero-order valence-electron chi connectivity index (χ0n) is 24.2. The molecular formula is C33H25F2KN4O6S. The first-order chi connectivity index (χ1) is 22.2. The van der Waals surface area contributed by atoms with Gasteiger partial charge in [0.25, 0.3) is 5.56 Å². The molecule has 7 rings (SSSR count). The monoisotopic (exact) mass is 682 g/mol. The van der Waals surface area contributed by atoms with Crippen molar-refractivity contribution in [2.24, 2.45) is 0 Å². The molecule has 0 amide bonds. The van der Waals surface area contributed by atoms with Gasteiger partial charge in [0.2, 0.25) is 0 Å². The van der Waals surface area contributed by atoms with Crippen LogP contribution in [0, 0.1) is 11.6 Å². The van der Waals surface area contributed by atoms with Gasteiger partial charge in [0.15, 0.2) is 11.6 Å². The fraction of sp³-hybridized carbons (Fsp3) is 0.182. The molecule has 1 saturated carbocycles. The van der Waals surface area contributed by atoms with E-state index in [4.69, 9.17) is 4.74 Å². The quantitative estimate of drug-likeness (QED) is 0.173. The number of methoxy groups -OCH3 is 1. The minimum absolute atomic E-state index is 0. The fourth-order valence-corrected chi connectivity index (χ4v) is 6.74. The normalized spacial score (nSPS) is 12.7. The Morgan fingerprint density at radius 2 is 1.68 bits per heavy atom. The van der Waals surface area contributed by atoms with E-state index in [0.29, 0.717) is 16.9 Å². The first-order valence-corrected chi connectivity index (χ1v) is 15.1. The molecule has 0 aliphatic heterocycles. The summed E-state index contributed by atoms with van der Waals surface area (Å²) in [6.45, 7) is -1.08. The Kier molecular flexibility index (Phi) is 9.42. The van der Waals surface area contributed by atoms with Crippen LogP contribution >= 0.6 is 11.3 Å². The van der Waals surface area contributed by atoms with Crippen LogP contribution in [0.3, 0.4) is 0 Å². The maximum absolute atomic E-state index is 15.8. The molecule has 0 spiro atoms. The summed E-state index contributed by atoms with van der Waals surface area (Å²) < 4.78 is 43.3. The number of hydrogen-bond acceptors (Lipinski definition) is 8. The number of thiophene rings is 1. The van der Waals surface area contributed by atoms with Crippen LogP contribution in [0.1, 0.15) is 39.6 Å². The van der Waals surface area contributed by atoms with Gasteiger partial charge < -0.3 is 4.74 Å². The molecule has 14 heteroatoms. The summed E-state index contributed by atoms with van der Waals surface area (Å²) in [5.74, 6) is -2.24. The number of benzene rings is 3. The number of aromatic amines is 1. The summed E-state index contributed by atoms with van der Waals surface area (Å²) in [6.07, 6.45) is 1.88. The van der Waals surface area contributed by atoms with Gasteiger partial charge in [-0.1, -0.05) is 29.4 Å². The van der Waals surface area contributed by atoms with Crippen molar-refractivity contribution in [1.29, 1.82) is 0 Å². The summed E-state index contributed by atoms with van der Waals surface area (Å²) in [6, 6.07) is 16.8. The Morgan fingerprint density at radius 1 is 1.00 bits per heavy atom. The van der Waals surface area contributed by atoms with Crippen LogP contribution in [0.5, 0.6) is 5.75 Å². The van der Waals surface area contributed by atoms with Gasteiger partial charge in [-0.3, -0.25) is 28.2 Å². The number of fused-ring (bicyclic) bond motifs is 1. The number of hydrogen-bond donors (Lipinski definition) is 1. The third-order valence-corrected chi connectivity index (χ3v) is 9.32. The molecule has 1 aliphatic carbocycles. The van der Waals surface area contributed by atoms with Gasteiger partial charge in [0.1, 0.15) is 22.2 Å². The van der Waals surface area contributed by atoms with Crippen molar-refractivity contribution in [3.63, 3.8) is 0 Å². The first-order valence-electron chi connectivity index (χ1n) is 14.3. The molecule has 0 bridgehead atoms. The zero-order valence-corrected chi connectivity index (χ0v) is 25.0. The van der Waals surface area contributed by atoms with Crippen LogP contribution < -0.4 is 21.7 Å². The molecule has 1 N–H and O–H groups in total. The van der Waals surface area contributed by atoms with E-state index in [2.05, 4.69) is 14.7 Å². The third-order valence-electron chi connectivity index (χ3n) is 8.00. The Balaban J connectivity index is 0.00000386. The standard InChI is InChI=1S/C33H24F2N4O6S.K.H/c1-44-20-10-8-17(9-11-20)27(40)16-38-30(41)23-14-28(18-6-7-18)46-31(23)39(33(38)43)15-24-25(34)12-19(13-26(24)35)21-4-2-3-5-22(21)29-36-32(42)45-37-29;;/h2-5,8-14,18H,6-7,15-16H2,1H3,(H,36,37,42);;. The number of ether oxygens (including phenoxy) is 1.